The Labute approximate surface area is 159 Å². The summed E-state index contributed by atoms with van der Waals surface area (Å²) in [6, 6.07) is 16.3. The molecule has 0 aliphatic carbocycles. The number of carbonyl (C=O) groups is 1. The molecule has 0 bridgehead atoms. The molecule has 0 amide bonds. The summed E-state index contributed by atoms with van der Waals surface area (Å²) in [6.07, 6.45) is -1.20. The van der Waals surface area contributed by atoms with Crippen molar-refractivity contribution in [1.29, 1.82) is 0 Å². The SMILES string of the molecule is COc1ccccc1C(=O)[C@](C)(O)[C@H](O)CCOCOCc1ccccc1. The maximum Gasteiger partial charge on any atom is 0.200 e. The summed E-state index contributed by atoms with van der Waals surface area (Å²) in [7, 11) is 1.44. The number of hydrogen-bond acceptors (Lipinski definition) is 6. The van der Waals surface area contributed by atoms with Crippen LogP contribution in [0, 0.1) is 0 Å². The first-order chi connectivity index (χ1) is 13.0. The number of carbonyl (C=O) groups excluding carboxylic acids is 1. The van der Waals surface area contributed by atoms with E-state index in [9.17, 15) is 15.0 Å². The number of rotatable bonds is 11. The fraction of sp³-hybridized carbons (Fsp3) is 0.381. The van der Waals surface area contributed by atoms with Crippen molar-refractivity contribution in [3.8, 4) is 5.75 Å². The fourth-order valence-corrected chi connectivity index (χ4v) is 2.58. The van der Waals surface area contributed by atoms with Crippen LogP contribution in [0.1, 0.15) is 29.3 Å². The van der Waals surface area contributed by atoms with Gasteiger partial charge in [0.05, 0.1) is 32.0 Å². The van der Waals surface area contributed by atoms with Gasteiger partial charge in [0.2, 0.25) is 0 Å². The van der Waals surface area contributed by atoms with Crippen LogP contribution in [0.3, 0.4) is 0 Å². The first-order valence-corrected chi connectivity index (χ1v) is 8.74. The molecule has 6 nitrogen and oxygen atoms in total. The third-order valence-electron chi connectivity index (χ3n) is 4.27. The fourth-order valence-electron chi connectivity index (χ4n) is 2.58. The molecule has 6 heteroatoms. The Morgan fingerprint density at radius 2 is 1.74 bits per heavy atom. The van der Waals surface area contributed by atoms with Gasteiger partial charge >= 0.3 is 0 Å². The Hall–Kier alpha value is -2.25. The van der Waals surface area contributed by atoms with E-state index >= 15 is 0 Å². The number of aliphatic hydroxyl groups excluding tert-OH is 1. The topological polar surface area (TPSA) is 85.2 Å². The number of Topliss-reactive ketones (excluding diaryl/α,β-unsaturated/α-hetero) is 1. The molecule has 2 N–H and O–H groups in total. The van der Waals surface area contributed by atoms with Crippen molar-refractivity contribution in [2.75, 3.05) is 20.5 Å². The first kappa shape index (κ1) is 21.1. The first-order valence-electron chi connectivity index (χ1n) is 8.74. The van der Waals surface area contributed by atoms with Gasteiger partial charge in [0, 0.05) is 6.42 Å². The summed E-state index contributed by atoms with van der Waals surface area (Å²) >= 11 is 0. The smallest absolute Gasteiger partial charge is 0.200 e. The lowest BCUT2D eigenvalue weighted by Gasteiger charge is -2.28. The highest BCUT2D eigenvalue weighted by atomic mass is 16.7. The van der Waals surface area contributed by atoms with Gasteiger partial charge in [0.25, 0.3) is 0 Å². The minimum Gasteiger partial charge on any atom is -0.496 e. The number of hydrogen-bond donors (Lipinski definition) is 2. The molecule has 0 aliphatic heterocycles. The molecule has 0 aliphatic rings. The molecule has 27 heavy (non-hydrogen) atoms. The number of para-hydroxylation sites is 1. The number of benzene rings is 2. The lowest BCUT2D eigenvalue weighted by atomic mass is 9.87. The number of aliphatic hydroxyl groups is 2. The van der Waals surface area contributed by atoms with Crippen LogP contribution in [0.4, 0.5) is 0 Å². The van der Waals surface area contributed by atoms with Crippen LogP contribution in [0.2, 0.25) is 0 Å². The Morgan fingerprint density at radius 1 is 1.07 bits per heavy atom. The van der Waals surface area contributed by atoms with Gasteiger partial charge in [0.15, 0.2) is 11.4 Å². The lowest BCUT2D eigenvalue weighted by molar-refractivity contribution is -0.0864. The van der Waals surface area contributed by atoms with Gasteiger partial charge in [-0.15, -0.1) is 0 Å². The summed E-state index contributed by atoms with van der Waals surface area (Å²) in [5.41, 5.74) is -0.703. The second-order valence-electron chi connectivity index (χ2n) is 6.34. The van der Waals surface area contributed by atoms with E-state index in [-0.39, 0.29) is 25.4 Å². The lowest BCUT2D eigenvalue weighted by Crippen LogP contribution is -2.47. The molecule has 0 saturated heterocycles. The minimum absolute atomic E-state index is 0.0597. The van der Waals surface area contributed by atoms with Gasteiger partial charge in [-0.25, -0.2) is 0 Å². The Morgan fingerprint density at radius 3 is 2.44 bits per heavy atom. The molecule has 0 heterocycles. The molecule has 2 aromatic rings. The van der Waals surface area contributed by atoms with Crippen LogP contribution in [0.15, 0.2) is 54.6 Å². The monoisotopic (exact) mass is 374 g/mol. The largest absolute Gasteiger partial charge is 0.496 e. The normalized spacial score (nSPS) is 14.4. The standard InChI is InChI=1S/C21H26O6/c1-21(24,20(23)17-10-6-7-11-18(17)25-2)19(22)12-13-26-15-27-14-16-8-4-3-5-9-16/h3-11,19,22,24H,12-15H2,1-2H3/t19-,21-/m1/s1. The molecular weight excluding hydrogens is 348 g/mol. The summed E-state index contributed by atoms with van der Waals surface area (Å²) in [6.45, 7) is 1.92. The molecule has 0 saturated carbocycles. The van der Waals surface area contributed by atoms with E-state index in [2.05, 4.69) is 0 Å². The minimum atomic E-state index is -1.96. The molecule has 146 valence electrons. The van der Waals surface area contributed by atoms with Crippen LogP contribution < -0.4 is 4.74 Å². The molecule has 0 unspecified atom stereocenters. The van der Waals surface area contributed by atoms with E-state index in [1.54, 1.807) is 24.3 Å². The van der Waals surface area contributed by atoms with Gasteiger partial charge in [-0.1, -0.05) is 42.5 Å². The second-order valence-corrected chi connectivity index (χ2v) is 6.34. The van der Waals surface area contributed by atoms with Gasteiger partial charge < -0.3 is 24.4 Å². The molecule has 0 aromatic heterocycles. The molecule has 0 fully saturated rings. The van der Waals surface area contributed by atoms with Crippen molar-refractivity contribution in [3.05, 3.63) is 65.7 Å². The zero-order valence-electron chi connectivity index (χ0n) is 15.6. The van der Waals surface area contributed by atoms with Crippen molar-refractivity contribution in [2.24, 2.45) is 0 Å². The predicted octanol–water partition coefficient (Wildman–Crippen LogP) is 2.57. The molecule has 0 spiro atoms. The molecule has 2 aromatic carbocycles. The van der Waals surface area contributed by atoms with E-state index in [0.717, 1.165) is 5.56 Å². The predicted molar refractivity (Wildman–Crippen MR) is 101 cm³/mol. The Bertz CT molecular complexity index is 714. The van der Waals surface area contributed by atoms with Crippen LogP contribution in [-0.4, -0.2) is 48.2 Å². The van der Waals surface area contributed by atoms with E-state index in [0.29, 0.717) is 12.4 Å². The van der Waals surface area contributed by atoms with Crippen molar-refractivity contribution >= 4 is 5.78 Å². The van der Waals surface area contributed by atoms with Crippen molar-refractivity contribution in [2.45, 2.75) is 31.7 Å². The maximum atomic E-state index is 12.6. The van der Waals surface area contributed by atoms with E-state index in [1.807, 2.05) is 30.3 Å². The maximum absolute atomic E-state index is 12.6. The Kier molecular flexibility index (Phi) is 7.94. The number of ketones is 1. The van der Waals surface area contributed by atoms with Gasteiger partial charge in [-0.3, -0.25) is 4.79 Å². The average molecular weight is 374 g/mol. The Balaban J connectivity index is 1.78. The van der Waals surface area contributed by atoms with E-state index in [4.69, 9.17) is 14.2 Å². The highest BCUT2D eigenvalue weighted by Crippen LogP contribution is 2.26. The summed E-state index contributed by atoms with van der Waals surface area (Å²) < 4.78 is 15.9. The average Bonchev–Trinajstić information content (AvgIpc) is 2.70. The van der Waals surface area contributed by atoms with Gasteiger partial charge in [0.1, 0.15) is 12.5 Å². The highest BCUT2D eigenvalue weighted by molar-refractivity contribution is 6.04. The summed E-state index contributed by atoms with van der Waals surface area (Å²) in [5, 5.41) is 20.8. The van der Waals surface area contributed by atoms with Crippen LogP contribution in [0.25, 0.3) is 0 Å². The van der Waals surface area contributed by atoms with Crippen LogP contribution >= 0.6 is 0 Å². The van der Waals surface area contributed by atoms with Crippen molar-refractivity contribution in [3.63, 3.8) is 0 Å². The van der Waals surface area contributed by atoms with Crippen LogP contribution in [-0.2, 0) is 16.1 Å². The zero-order chi connectivity index (χ0) is 19.7. The molecule has 0 radical (unpaired) electrons. The van der Waals surface area contributed by atoms with Crippen LogP contribution in [0.5, 0.6) is 5.75 Å². The van der Waals surface area contributed by atoms with E-state index in [1.165, 1.54) is 14.0 Å². The van der Waals surface area contributed by atoms with Crippen molar-refractivity contribution in [1.82, 2.24) is 0 Å². The molecular formula is C21H26O6. The van der Waals surface area contributed by atoms with Gasteiger partial charge in [-0.05, 0) is 24.6 Å². The number of ether oxygens (including phenoxy) is 3. The quantitative estimate of drug-likeness (QED) is 0.357. The third kappa shape index (κ3) is 5.87. The number of methoxy groups -OCH3 is 1. The second kappa shape index (κ2) is 10.2. The summed E-state index contributed by atoms with van der Waals surface area (Å²) in [5.74, 6) is -0.256. The molecule has 2 rings (SSSR count). The van der Waals surface area contributed by atoms with Gasteiger partial charge in [-0.2, -0.15) is 0 Å². The van der Waals surface area contributed by atoms with Crippen molar-refractivity contribution < 1.29 is 29.2 Å². The van der Waals surface area contributed by atoms with E-state index < -0.39 is 17.5 Å². The highest BCUT2D eigenvalue weighted by Gasteiger charge is 2.39. The molecule has 2 atom stereocenters. The zero-order valence-corrected chi connectivity index (χ0v) is 15.6. The summed E-state index contributed by atoms with van der Waals surface area (Å²) in [4.78, 5) is 12.6. The third-order valence-corrected chi connectivity index (χ3v) is 4.27.